The van der Waals surface area contributed by atoms with Crippen LogP contribution < -0.4 is 10.1 Å². The highest BCUT2D eigenvalue weighted by molar-refractivity contribution is 9.10. The second kappa shape index (κ2) is 22.3. The predicted molar refractivity (Wildman–Crippen MR) is 178 cm³/mol. The Balaban J connectivity index is 0.000000887. The van der Waals surface area contributed by atoms with Crippen LogP contribution in [-0.4, -0.2) is 27.7 Å². The molecule has 0 saturated heterocycles. The summed E-state index contributed by atoms with van der Waals surface area (Å²) < 4.78 is 7.88. The maximum Gasteiger partial charge on any atom is 0.159 e. The Kier molecular flexibility index (Phi) is 20.4. The van der Waals surface area contributed by atoms with E-state index in [1.54, 1.807) is 31.5 Å². The van der Waals surface area contributed by atoms with E-state index in [0.717, 1.165) is 39.3 Å². The summed E-state index contributed by atoms with van der Waals surface area (Å²) in [5.74, 6) is 2.23. The molecule has 1 aromatic carbocycles. The zero-order chi connectivity index (χ0) is 31.2. The van der Waals surface area contributed by atoms with Crippen LogP contribution in [0.2, 0.25) is 0 Å². The molecule has 0 aliphatic heterocycles. The molecule has 0 saturated carbocycles. The second-order valence-corrected chi connectivity index (χ2v) is 9.70. The van der Waals surface area contributed by atoms with E-state index in [0.29, 0.717) is 18.0 Å². The molecule has 2 heterocycles. The van der Waals surface area contributed by atoms with Crippen LogP contribution >= 0.6 is 15.9 Å². The van der Waals surface area contributed by atoms with Gasteiger partial charge in [-0.2, -0.15) is 5.10 Å². The lowest BCUT2D eigenvalue weighted by molar-refractivity contribution is 0.101. The number of hydrogen-bond donors (Lipinski definition) is 1. The highest BCUT2D eigenvalue weighted by Crippen LogP contribution is 2.24. The van der Waals surface area contributed by atoms with Crippen molar-refractivity contribution in [1.82, 2.24) is 20.1 Å². The van der Waals surface area contributed by atoms with Gasteiger partial charge in [-0.1, -0.05) is 65.3 Å². The van der Waals surface area contributed by atoms with Gasteiger partial charge in [0.25, 0.3) is 0 Å². The molecule has 0 radical (unpaired) electrons. The monoisotopic (exact) mass is 624 g/mol. The van der Waals surface area contributed by atoms with E-state index in [2.05, 4.69) is 77.1 Å². The van der Waals surface area contributed by atoms with Crippen molar-refractivity contribution >= 4 is 27.5 Å². The highest BCUT2D eigenvalue weighted by atomic mass is 79.9. The van der Waals surface area contributed by atoms with Gasteiger partial charge in [0.1, 0.15) is 11.6 Å². The molecule has 0 spiro atoms. The van der Waals surface area contributed by atoms with Gasteiger partial charge in [-0.25, -0.2) is 4.68 Å². The maximum absolute atomic E-state index is 10.9. The molecule has 224 valence electrons. The molecule has 0 aliphatic carbocycles. The SMILES string of the molecule is C=C.C=C(/C=C(/NCc1cccnc1)n1ncc(Br)c1C)C(CC)CCCC.CC.COc1cccc(C(C)=O)c1. The van der Waals surface area contributed by atoms with Crippen molar-refractivity contribution in [2.24, 2.45) is 5.92 Å². The Morgan fingerprint density at radius 3 is 2.39 bits per heavy atom. The summed E-state index contributed by atoms with van der Waals surface area (Å²) in [6.07, 6.45) is 12.4. The van der Waals surface area contributed by atoms with E-state index in [4.69, 9.17) is 4.74 Å². The zero-order valence-electron chi connectivity index (χ0n) is 26.0. The number of nitrogens with one attached hydrogen (secondary N) is 1. The maximum atomic E-state index is 10.9. The summed E-state index contributed by atoms with van der Waals surface area (Å²) in [4.78, 5) is 15.0. The fourth-order valence-corrected chi connectivity index (χ4v) is 4.01. The quantitative estimate of drug-likeness (QED) is 0.123. The number of ketones is 1. The van der Waals surface area contributed by atoms with Gasteiger partial charge in [0.2, 0.25) is 0 Å². The Morgan fingerprint density at radius 1 is 1.17 bits per heavy atom. The van der Waals surface area contributed by atoms with Crippen LogP contribution in [0.4, 0.5) is 0 Å². The fraction of sp³-hybridized carbons (Fsp3) is 0.382. The number of benzene rings is 1. The summed E-state index contributed by atoms with van der Waals surface area (Å²) in [6.45, 7) is 23.1. The van der Waals surface area contributed by atoms with Crippen molar-refractivity contribution in [3.63, 3.8) is 0 Å². The smallest absolute Gasteiger partial charge is 0.159 e. The number of unbranched alkanes of at least 4 members (excludes halogenated alkanes) is 1. The largest absolute Gasteiger partial charge is 0.497 e. The minimum atomic E-state index is 0.0592. The van der Waals surface area contributed by atoms with Crippen LogP contribution in [-0.2, 0) is 6.54 Å². The Labute approximate surface area is 256 Å². The average molecular weight is 626 g/mol. The van der Waals surface area contributed by atoms with Crippen molar-refractivity contribution < 1.29 is 9.53 Å². The molecule has 1 atom stereocenters. The number of carbonyl (C=O) groups excluding carboxylic acids is 1. The molecule has 1 N–H and O–H groups in total. The van der Waals surface area contributed by atoms with Gasteiger partial charge in [0, 0.05) is 24.5 Å². The van der Waals surface area contributed by atoms with Gasteiger partial charge in [-0.3, -0.25) is 9.78 Å². The second-order valence-electron chi connectivity index (χ2n) is 8.84. The number of halogens is 1. The molecule has 7 heteroatoms. The third kappa shape index (κ3) is 13.6. The normalized spacial score (nSPS) is 10.9. The minimum absolute atomic E-state index is 0.0592. The summed E-state index contributed by atoms with van der Waals surface area (Å²) in [6, 6.07) is 11.1. The fourth-order valence-electron chi connectivity index (χ4n) is 3.75. The van der Waals surface area contributed by atoms with Crippen LogP contribution in [0.3, 0.4) is 0 Å². The molecule has 3 rings (SSSR count). The van der Waals surface area contributed by atoms with E-state index >= 15 is 0 Å². The van der Waals surface area contributed by atoms with E-state index in [-0.39, 0.29) is 5.78 Å². The van der Waals surface area contributed by atoms with Crippen molar-refractivity contribution in [2.75, 3.05) is 7.11 Å². The standard InChI is InChI=1S/C21H29BrN4.C9H10O2.C2H6.C2H4/c1-5-7-10-19(6-2)16(3)12-21(26-17(4)20(22)15-25-26)24-14-18-9-8-11-23-13-18;1-7(10)8-4-3-5-9(6-8)11-2;2*1-2/h8-9,11-13,15,19,24H,3,5-7,10,14H2,1-2,4H3;3-6H,1-2H3;1-2H3;1-2H2/b21-12-;;;. The number of ether oxygens (including phenoxy) is 1. The number of nitrogens with zero attached hydrogens (tertiary/aromatic N) is 3. The van der Waals surface area contributed by atoms with Crippen molar-refractivity contribution in [1.29, 1.82) is 0 Å². The van der Waals surface area contributed by atoms with Crippen molar-refractivity contribution in [3.05, 3.63) is 108 Å². The molecule has 0 bridgehead atoms. The van der Waals surface area contributed by atoms with Gasteiger partial charge in [0.05, 0.1) is 23.5 Å². The third-order valence-electron chi connectivity index (χ3n) is 6.10. The van der Waals surface area contributed by atoms with E-state index in [1.165, 1.54) is 26.2 Å². The lowest BCUT2D eigenvalue weighted by Crippen LogP contribution is -2.19. The number of Topliss-reactive ketones (excluding diaryl/α,β-unsaturated/α-hetero) is 1. The van der Waals surface area contributed by atoms with E-state index < -0.39 is 0 Å². The first kappa shape index (κ1) is 37.6. The number of rotatable bonds is 12. The summed E-state index contributed by atoms with van der Waals surface area (Å²) in [5.41, 5.74) is 4.03. The first-order valence-corrected chi connectivity index (χ1v) is 15.0. The Hall–Kier alpha value is -3.45. The molecule has 6 nitrogen and oxygen atoms in total. The van der Waals surface area contributed by atoms with Crippen LogP contribution in [0, 0.1) is 12.8 Å². The lowest BCUT2D eigenvalue weighted by Gasteiger charge is -2.18. The first-order chi connectivity index (χ1) is 19.8. The van der Waals surface area contributed by atoms with E-state index in [9.17, 15) is 4.79 Å². The highest BCUT2D eigenvalue weighted by Gasteiger charge is 2.13. The Bertz CT molecular complexity index is 1190. The zero-order valence-corrected chi connectivity index (χ0v) is 27.6. The van der Waals surface area contributed by atoms with Crippen molar-refractivity contribution in [3.8, 4) is 5.75 Å². The number of carbonyl (C=O) groups is 1. The molecular formula is C34H49BrN4O2. The molecule has 1 unspecified atom stereocenters. The molecule has 41 heavy (non-hydrogen) atoms. The molecule has 3 aromatic rings. The van der Waals surface area contributed by atoms with Gasteiger partial charge >= 0.3 is 0 Å². The van der Waals surface area contributed by atoms with Gasteiger partial charge in [-0.15, -0.1) is 13.2 Å². The lowest BCUT2D eigenvalue weighted by atomic mass is 9.92. The van der Waals surface area contributed by atoms with Gasteiger partial charge in [0.15, 0.2) is 5.78 Å². The first-order valence-electron chi connectivity index (χ1n) is 14.2. The number of methoxy groups -OCH3 is 1. The molecule has 0 aliphatic rings. The van der Waals surface area contributed by atoms with Gasteiger partial charge in [-0.05, 0) is 83.9 Å². The molecule has 0 fully saturated rings. The summed E-state index contributed by atoms with van der Waals surface area (Å²) in [7, 11) is 1.58. The number of pyridine rings is 1. The van der Waals surface area contributed by atoms with Crippen LogP contribution in [0.25, 0.3) is 5.82 Å². The van der Waals surface area contributed by atoms with Crippen LogP contribution in [0.15, 0.2) is 90.8 Å². The average Bonchev–Trinajstić information content (AvgIpc) is 3.35. The van der Waals surface area contributed by atoms with Crippen LogP contribution in [0.1, 0.15) is 81.9 Å². The topological polar surface area (TPSA) is 69.0 Å². The Morgan fingerprint density at radius 2 is 1.88 bits per heavy atom. The number of allylic oxidation sites excluding steroid dienone is 2. The third-order valence-corrected chi connectivity index (χ3v) is 6.87. The summed E-state index contributed by atoms with van der Waals surface area (Å²) >= 11 is 3.55. The van der Waals surface area contributed by atoms with Crippen LogP contribution in [0.5, 0.6) is 5.75 Å². The molecular weight excluding hydrogens is 576 g/mol. The number of hydrogen-bond acceptors (Lipinski definition) is 5. The van der Waals surface area contributed by atoms with E-state index in [1.807, 2.05) is 50.0 Å². The van der Waals surface area contributed by atoms with Crippen molar-refractivity contribution in [2.45, 2.75) is 73.8 Å². The van der Waals surface area contributed by atoms with Gasteiger partial charge < -0.3 is 10.1 Å². The summed E-state index contributed by atoms with van der Waals surface area (Å²) in [5, 5.41) is 8.02. The minimum Gasteiger partial charge on any atom is -0.497 e. The number of aromatic nitrogens is 3. The molecule has 0 amide bonds. The molecule has 2 aromatic heterocycles. The predicted octanol–water partition coefficient (Wildman–Crippen LogP) is 9.44.